The van der Waals surface area contributed by atoms with Gasteiger partial charge in [-0.1, -0.05) is 27.2 Å². The number of hydrogen-bond acceptors (Lipinski definition) is 5. The van der Waals surface area contributed by atoms with Crippen LogP contribution in [0.4, 0.5) is 5.82 Å². The van der Waals surface area contributed by atoms with E-state index in [2.05, 4.69) is 36.9 Å². The summed E-state index contributed by atoms with van der Waals surface area (Å²) in [4.78, 5) is 4.32. The maximum atomic E-state index is 12.7. The van der Waals surface area contributed by atoms with E-state index < -0.39 is 0 Å². The van der Waals surface area contributed by atoms with Crippen molar-refractivity contribution in [1.82, 2.24) is 14.8 Å². The van der Waals surface area contributed by atoms with Gasteiger partial charge >= 0.3 is 0 Å². The average molecular weight is 367 g/mol. The van der Waals surface area contributed by atoms with Crippen LogP contribution in [0.5, 0.6) is 5.88 Å². The Bertz CT molecular complexity index is 908. The summed E-state index contributed by atoms with van der Waals surface area (Å²) in [5.41, 5.74) is 3.90. The van der Waals surface area contributed by atoms with Gasteiger partial charge in [0.1, 0.15) is 12.6 Å². The van der Waals surface area contributed by atoms with Gasteiger partial charge in [0.2, 0.25) is 5.88 Å². The largest absolute Gasteiger partial charge is 0.627 e. The number of nitriles is 1. The van der Waals surface area contributed by atoms with Crippen LogP contribution < -0.4 is 9.80 Å². The third-order valence-electron chi connectivity index (χ3n) is 4.51. The smallest absolute Gasteiger partial charge is 0.252 e. The van der Waals surface area contributed by atoms with E-state index in [4.69, 9.17) is 4.74 Å². The first-order valence-electron chi connectivity index (χ1n) is 9.27. The number of nitrogens with one attached hydrogen (secondary N) is 1. The zero-order valence-corrected chi connectivity index (χ0v) is 16.2. The number of nitrogens with zero attached hydrogens (tertiary/aromatic N) is 4. The Labute approximate surface area is 159 Å². The van der Waals surface area contributed by atoms with Crippen LogP contribution in [0.1, 0.15) is 49.6 Å². The number of aryl methyl sites for hydroxylation is 1. The molecule has 0 aliphatic carbocycles. The molecule has 7 heteroatoms. The summed E-state index contributed by atoms with van der Waals surface area (Å²) in [6, 6.07) is 3.87. The Morgan fingerprint density at radius 1 is 1.44 bits per heavy atom. The van der Waals surface area contributed by atoms with Gasteiger partial charge in [0.15, 0.2) is 0 Å². The van der Waals surface area contributed by atoms with Crippen molar-refractivity contribution in [1.29, 1.82) is 5.26 Å². The molecule has 0 bridgehead atoms. The number of rotatable bonds is 6. The van der Waals surface area contributed by atoms with Gasteiger partial charge in [-0.2, -0.15) is 5.26 Å². The molecule has 0 saturated carbocycles. The van der Waals surface area contributed by atoms with Gasteiger partial charge in [-0.25, -0.2) is 4.98 Å². The maximum Gasteiger partial charge on any atom is 0.252 e. The minimum Gasteiger partial charge on any atom is -0.627 e. The molecule has 0 aromatic carbocycles. The van der Waals surface area contributed by atoms with Gasteiger partial charge in [0.25, 0.3) is 5.82 Å². The molecule has 0 fully saturated rings. The van der Waals surface area contributed by atoms with E-state index in [0.29, 0.717) is 35.3 Å². The molecule has 1 N–H and O–H groups in total. The van der Waals surface area contributed by atoms with Crippen LogP contribution in [-0.2, 0) is 13.5 Å². The van der Waals surface area contributed by atoms with E-state index in [1.54, 1.807) is 10.7 Å². The molecule has 2 aromatic rings. The van der Waals surface area contributed by atoms with E-state index in [1.807, 2.05) is 13.1 Å². The summed E-state index contributed by atoms with van der Waals surface area (Å²) in [6.07, 6.45) is 5.33. The normalized spacial score (nSPS) is 16.0. The lowest BCUT2D eigenvalue weighted by molar-refractivity contribution is -0.770. The molecule has 142 valence electrons. The number of pyridine rings is 1. The Morgan fingerprint density at radius 3 is 2.89 bits per heavy atom. The minimum absolute atomic E-state index is 0.0161. The van der Waals surface area contributed by atoms with Crippen molar-refractivity contribution < 1.29 is 9.80 Å². The summed E-state index contributed by atoms with van der Waals surface area (Å²) in [6.45, 7) is 6.97. The third-order valence-corrected chi connectivity index (χ3v) is 4.51. The Kier molecular flexibility index (Phi) is 5.59. The minimum atomic E-state index is -0.0161. The first kappa shape index (κ1) is 19.1. The van der Waals surface area contributed by atoms with Crippen molar-refractivity contribution in [3.63, 3.8) is 0 Å². The summed E-state index contributed by atoms with van der Waals surface area (Å²) in [5, 5.41) is 26.4. The van der Waals surface area contributed by atoms with Crippen molar-refractivity contribution in [2.75, 3.05) is 13.2 Å². The predicted molar refractivity (Wildman–Crippen MR) is 103 cm³/mol. The summed E-state index contributed by atoms with van der Waals surface area (Å²) < 4.78 is 7.66. The van der Waals surface area contributed by atoms with Crippen LogP contribution in [0.25, 0.3) is 11.6 Å². The monoisotopic (exact) mass is 367 g/mol. The summed E-state index contributed by atoms with van der Waals surface area (Å²) in [5.74, 6) is 1.34. The molecular weight excluding hydrogens is 342 g/mol. The van der Waals surface area contributed by atoms with Gasteiger partial charge < -0.3 is 15.0 Å². The van der Waals surface area contributed by atoms with Crippen LogP contribution >= 0.6 is 0 Å². The molecule has 0 amide bonds. The van der Waals surface area contributed by atoms with Crippen molar-refractivity contribution in [2.24, 2.45) is 13.0 Å². The molecule has 1 unspecified atom stereocenters. The molecule has 0 radical (unpaired) electrons. The Hall–Kier alpha value is -2.69. The molecule has 0 saturated heterocycles. The highest BCUT2D eigenvalue weighted by Crippen LogP contribution is 2.31. The zero-order chi connectivity index (χ0) is 19.6. The van der Waals surface area contributed by atoms with Crippen LogP contribution in [0.3, 0.4) is 0 Å². The zero-order valence-electron chi connectivity index (χ0n) is 16.2. The molecule has 3 heterocycles. The van der Waals surface area contributed by atoms with Crippen LogP contribution in [0, 0.1) is 22.5 Å². The van der Waals surface area contributed by atoms with E-state index in [-0.39, 0.29) is 11.6 Å². The first-order valence-corrected chi connectivity index (χ1v) is 9.27. The third kappa shape index (κ3) is 3.87. The fourth-order valence-electron chi connectivity index (χ4n) is 3.23. The molecule has 27 heavy (non-hydrogen) atoms. The second-order valence-corrected chi connectivity index (χ2v) is 7.25. The molecule has 7 nitrogen and oxygen atoms in total. The molecular formula is C20H25N5O2. The second kappa shape index (κ2) is 7.91. The highest BCUT2D eigenvalue weighted by atomic mass is 16.5. The van der Waals surface area contributed by atoms with E-state index in [1.165, 1.54) is 6.20 Å². The number of fused-ring (bicyclic) bond motifs is 1. The highest BCUT2D eigenvalue weighted by molar-refractivity contribution is 5.88. The van der Waals surface area contributed by atoms with Gasteiger partial charge in [0, 0.05) is 24.4 Å². The van der Waals surface area contributed by atoms with Crippen molar-refractivity contribution in [3.8, 4) is 11.9 Å². The van der Waals surface area contributed by atoms with E-state index >= 15 is 0 Å². The Balaban J connectivity index is 2.09. The lowest BCUT2D eigenvalue weighted by Crippen LogP contribution is -3.03. The lowest BCUT2D eigenvalue weighted by Gasteiger charge is -2.26. The fraction of sp³-hybridized carbons (Fsp3) is 0.450. The number of hydroxylamine groups is 1. The quantitative estimate of drug-likeness (QED) is 0.791. The van der Waals surface area contributed by atoms with Gasteiger partial charge in [-0.15, -0.1) is 5.10 Å². The molecule has 2 aromatic heterocycles. The number of quaternary nitrogens is 1. The van der Waals surface area contributed by atoms with E-state index in [0.717, 1.165) is 29.7 Å². The van der Waals surface area contributed by atoms with Gasteiger partial charge in [0.05, 0.1) is 23.4 Å². The van der Waals surface area contributed by atoms with Crippen LogP contribution in [-0.4, -0.2) is 27.9 Å². The van der Waals surface area contributed by atoms with Crippen LogP contribution in [0.15, 0.2) is 12.3 Å². The molecule has 0 spiro atoms. The van der Waals surface area contributed by atoms with Crippen molar-refractivity contribution in [2.45, 2.75) is 33.6 Å². The first-order chi connectivity index (χ1) is 12.9. The van der Waals surface area contributed by atoms with Gasteiger partial charge in [-0.3, -0.25) is 4.68 Å². The Morgan fingerprint density at radius 2 is 2.22 bits per heavy atom. The fourth-order valence-corrected chi connectivity index (χ4v) is 3.23. The van der Waals surface area contributed by atoms with Crippen molar-refractivity contribution in [3.05, 3.63) is 39.9 Å². The number of aromatic nitrogens is 3. The lowest BCUT2D eigenvalue weighted by atomic mass is 9.98. The summed E-state index contributed by atoms with van der Waals surface area (Å²) in [7, 11) is 1.87. The SMILES string of the molecule is CCCc1c2c(nn1C)[NH+]([O-])CC(c1cc(C#N)cnc1OCC(C)C)=C2. The molecule has 1 atom stereocenters. The molecule has 1 aliphatic rings. The van der Waals surface area contributed by atoms with Crippen LogP contribution in [0.2, 0.25) is 0 Å². The van der Waals surface area contributed by atoms with E-state index in [9.17, 15) is 10.5 Å². The number of ether oxygens (including phenoxy) is 1. The van der Waals surface area contributed by atoms with Gasteiger partial charge in [-0.05, 0) is 24.5 Å². The topological polar surface area (TPSA) is 91.2 Å². The van der Waals surface area contributed by atoms with Crippen molar-refractivity contribution >= 4 is 17.5 Å². The maximum absolute atomic E-state index is 12.7. The average Bonchev–Trinajstić information content (AvgIpc) is 2.96. The molecule has 1 aliphatic heterocycles. The second-order valence-electron chi connectivity index (χ2n) is 7.25. The standard InChI is InChI=1S/C20H25N5O2/c1-5-6-18-17-8-15(11-25(26)19(17)23-24(18)4)16-7-14(9-21)10-22-20(16)27-12-13(2)3/h7-8,10,13,25H,5-6,11-12H2,1-4H3. The highest BCUT2D eigenvalue weighted by Gasteiger charge is 2.27. The molecule has 3 rings (SSSR count). The predicted octanol–water partition coefficient (Wildman–Crippen LogP) is 2.24. The summed E-state index contributed by atoms with van der Waals surface area (Å²) >= 11 is 0. The number of hydrogen-bond donors (Lipinski definition) is 1.